The first-order valence-corrected chi connectivity index (χ1v) is 11.5. The number of aromatic nitrogens is 5. The molecule has 0 saturated carbocycles. The lowest BCUT2D eigenvalue weighted by Gasteiger charge is -2.28. The summed E-state index contributed by atoms with van der Waals surface area (Å²) in [6, 6.07) is 4.16. The van der Waals surface area contributed by atoms with Crippen molar-refractivity contribution >= 4 is 29.3 Å². The maximum absolute atomic E-state index is 13.1. The molecule has 0 aliphatic carbocycles. The summed E-state index contributed by atoms with van der Waals surface area (Å²) in [7, 11) is 0. The first-order valence-electron chi connectivity index (χ1n) is 11.5. The zero-order valence-corrected chi connectivity index (χ0v) is 18.7. The van der Waals surface area contributed by atoms with Crippen molar-refractivity contribution in [1.29, 1.82) is 0 Å². The fourth-order valence-corrected chi connectivity index (χ4v) is 4.48. The summed E-state index contributed by atoms with van der Waals surface area (Å²) >= 11 is 0. The van der Waals surface area contributed by atoms with Gasteiger partial charge in [-0.1, -0.05) is 0 Å². The highest BCUT2D eigenvalue weighted by atomic mass is 16.2. The molecular formula is C22H31N9O. The summed E-state index contributed by atoms with van der Waals surface area (Å²) in [6.45, 7) is 6.85. The van der Waals surface area contributed by atoms with Crippen LogP contribution in [0.1, 0.15) is 45.6 Å². The van der Waals surface area contributed by atoms with E-state index in [1.54, 1.807) is 0 Å². The number of fused-ring (bicyclic) bond motifs is 1. The topological polar surface area (TPSA) is 104 Å². The highest BCUT2D eigenvalue weighted by Crippen LogP contribution is 2.26. The van der Waals surface area contributed by atoms with Crippen LogP contribution in [0.2, 0.25) is 0 Å². The van der Waals surface area contributed by atoms with Crippen molar-refractivity contribution in [1.82, 2.24) is 34.6 Å². The van der Waals surface area contributed by atoms with Crippen LogP contribution in [0.4, 0.5) is 17.7 Å². The molecule has 5 heterocycles. The minimum atomic E-state index is -0.248. The molecule has 0 radical (unpaired) electrons. The first-order chi connectivity index (χ1) is 15.6. The quantitative estimate of drug-likeness (QED) is 0.542. The molecule has 0 spiro atoms. The van der Waals surface area contributed by atoms with Gasteiger partial charge in [0, 0.05) is 37.6 Å². The molecule has 2 fully saturated rings. The minimum Gasteiger partial charge on any atom is -0.350 e. The smallest absolute Gasteiger partial charge is 0.243 e. The Kier molecular flexibility index (Phi) is 5.69. The maximum atomic E-state index is 13.1. The number of hydrogen-bond acceptors (Lipinski definition) is 7. The van der Waals surface area contributed by atoms with Crippen LogP contribution in [0.5, 0.6) is 0 Å². The highest BCUT2D eigenvalue weighted by Gasteiger charge is 2.34. The molecule has 2 saturated heterocycles. The van der Waals surface area contributed by atoms with Crippen molar-refractivity contribution in [2.75, 3.05) is 29.9 Å². The van der Waals surface area contributed by atoms with E-state index in [0.717, 1.165) is 56.8 Å². The number of imidazole rings is 1. The van der Waals surface area contributed by atoms with Crippen LogP contribution in [0, 0.1) is 0 Å². The molecule has 2 atom stereocenters. The fourth-order valence-electron chi connectivity index (χ4n) is 4.48. The van der Waals surface area contributed by atoms with Crippen molar-refractivity contribution in [3.8, 4) is 0 Å². The molecular weight excluding hydrogens is 406 g/mol. The monoisotopic (exact) mass is 437 g/mol. The number of nitrogens with one attached hydrogen (secondary N) is 3. The van der Waals surface area contributed by atoms with E-state index in [1.165, 1.54) is 0 Å². The number of carbonyl (C=O) groups excluding carboxylic acids is 1. The molecule has 170 valence electrons. The number of amides is 1. The van der Waals surface area contributed by atoms with Gasteiger partial charge in [0.15, 0.2) is 5.82 Å². The molecule has 5 rings (SSSR count). The standard InChI is InChI=1S/C22H31N9O/c1-15(2)29-13-18(24-14-29)26-21-28-22(27-19-8-5-11-31(19)21)30-10-4-7-17(30)20(32)25-16-6-3-9-23-12-16/h5,8,11,13-17,23H,3-4,6-7,9-10,12H2,1-2H3,(H,25,32)(H,26,27,28)/t16-,17+/m1/s1. The molecule has 3 N–H and O–H groups in total. The Labute approximate surface area is 187 Å². The van der Waals surface area contributed by atoms with E-state index in [1.807, 2.05) is 44.7 Å². The summed E-state index contributed by atoms with van der Waals surface area (Å²) in [6.07, 6.45) is 9.56. The molecule has 0 bridgehead atoms. The molecule has 0 aromatic carbocycles. The second-order valence-corrected chi connectivity index (χ2v) is 8.91. The summed E-state index contributed by atoms with van der Waals surface area (Å²) in [4.78, 5) is 29.1. The lowest BCUT2D eigenvalue weighted by Crippen LogP contribution is -2.51. The van der Waals surface area contributed by atoms with Gasteiger partial charge in [-0.15, -0.1) is 0 Å². The lowest BCUT2D eigenvalue weighted by molar-refractivity contribution is -0.123. The zero-order chi connectivity index (χ0) is 22.1. The molecule has 0 unspecified atom stereocenters. The van der Waals surface area contributed by atoms with Crippen molar-refractivity contribution in [3.63, 3.8) is 0 Å². The Morgan fingerprint density at radius 3 is 2.94 bits per heavy atom. The van der Waals surface area contributed by atoms with Crippen molar-refractivity contribution in [2.45, 2.75) is 57.7 Å². The average Bonchev–Trinajstić information content (AvgIpc) is 3.54. The van der Waals surface area contributed by atoms with E-state index in [2.05, 4.69) is 34.8 Å². The molecule has 1 amide bonds. The maximum Gasteiger partial charge on any atom is 0.243 e. The van der Waals surface area contributed by atoms with Crippen LogP contribution in [0.15, 0.2) is 30.9 Å². The Balaban J connectivity index is 1.39. The Morgan fingerprint density at radius 2 is 2.16 bits per heavy atom. The second-order valence-electron chi connectivity index (χ2n) is 8.91. The fraction of sp³-hybridized carbons (Fsp3) is 0.545. The number of nitrogens with zero attached hydrogens (tertiary/aromatic N) is 6. The first kappa shape index (κ1) is 20.7. The van der Waals surface area contributed by atoms with E-state index >= 15 is 0 Å². The van der Waals surface area contributed by atoms with Gasteiger partial charge >= 0.3 is 0 Å². The predicted molar refractivity (Wildman–Crippen MR) is 123 cm³/mol. The van der Waals surface area contributed by atoms with Crippen LogP contribution >= 0.6 is 0 Å². The molecule has 2 aliphatic heterocycles. The largest absolute Gasteiger partial charge is 0.350 e. The lowest BCUT2D eigenvalue weighted by atomic mass is 10.1. The second kappa shape index (κ2) is 8.78. The average molecular weight is 438 g/mol. The van der Waals surface area contributed by atoms with E-state index in [0.29, 0.717) is 17.9 Å². The number of carbonyl (C=O) groups is 1. The van der Waals surface area contributed by atoms with Gasteiger partial charge in [-0.05, 0) is 58.2 Å². The molecule has 2 aliphatic rings. The van der Waals surface area contributed by atoms with Crippen LogP contribution in [0.25, 0.3) is 5.65 Å². The van der Waals surface area contributed by atoms with Gasteiger partial charge in [0.1, 0.15) is 11.7 Å². The molecule has 3 aromatic heterocycles. The van der Waals surface area contributed by atoms with Crippen LogP contribution < -0.4 is 20.9 Å². The van der Waals surface area contributed by atoms with Crippen LogP contribution in [-0.2, 0) is 4.79 Å². The van der Waals surface area contributed by atoms with E-state index in [4.69, 9.17) is 9.97 Å². The third-order valence-corrected chi connectivity index (χ3v) is 6.27. The van der Waals surface area contributed by atoms with Gasteiger partial charge in [0.2, 0.25) is 17.8 Å². The molecule has 10 nitrogen and oxygen atoms in total. The van der Waals surface area contributed by atoms with E-state index in [9.17, 15) is 4.79 Å². The van der Waals surface area contributed by atoms with Crippen LogP contribution in [-0.4, -0.2) is 61.5 Å². The third-order valence-electron chi connectivity index (χ3n) is 6.27. The van der Waals surface area contributed by atoms with Gasteiger partial charge < -0.3 is 25.4 Å². The Morgan fingerprint density at radius 1 is 1.25 bits per heavy atom. The van der Waals surface area contributed by atoms with Gasteiger partial charge in [-0.2, -0.15) is 9.97 Å². The third kappa shape index (κ3) is 4.14. The summed E-state index contributed by atoms with van der Waals surface area (Å²) in [5, 5.41) is 9.91. The van der Waals surface area contributed by atoms with Crippen molar-refractivity contribution in [3.05, 3.63) is 30.9 Å². The number of hydrogen-bond donors (Lipinski definition) is 3. The molecule has 10 heteroatoms. The highest BCUT2D eigenvalue weighted by molar-refractivity contribution is 5.85. The summed E-state index contributed by atoms with van der Waals surface area (Å²) in [5.74, 6) is 1.99. The zero-order valence-electron chi connectivity index (χ0n) is 18.7. The predicted octanol–water partition coefficient (Wildman–Crippen LogP) is 2.09. The SMILES string of the molecule is CC(C)n1cnc(Nc2nc(N3CCC[C@H]3C(=O)N[C@@H]3CCCNC3)nc3cccn23)c1. The van der Waals surface area contributed by atoms with Gasteiger partial charge in [-0.25, -0.2) is 4.98 Å². The number of anilines is 3. The molecule has 32 heavy (non-hydrogen) atoms. The van der Waals surface area contributed by atoms with E-state index in [-0.39, 0.29) is 18.0 Å². The molecule has 3 aromatic rings. The minimum absolute atomic E-state index is 0.0697. The van der Waals surface area contributed by atoms with Crippen molar-refractivity contribution < 1.29 is 4.79 Å². The Bertz CT molecular complexity index is 1080. The Hall–Kier alpha value is -3.14. The van der Waals surface area contributed by atoms with Crippen molar-refractivity contribution in [2.24, 2.45) is 0 Å². The number of rotatable bonds is 6. The van der Waals surface area contributed by atoms with Gasteiger partial charge in [-0.3, -0.25) is 9.20 Å². The summed E-state index contributed by atoms with van der Waals surface area (Å²) in [5.41, 5.74) is 0.781. The normalized spacial score (nSPS) is 21.4. The summed E-state index contributed by atoms with van der Waals surface area (Å²) < 4.78 is 3.94. The van der Waals surface area contributed by atoms with Gasteiger partial charge in [0.25, 0.3) is 0 Å². The van der Waals surface area contributed by atoms with E-state index < -0.39 is 0 Å². The van der Waals surface area contributed by atoms with Crippen LogP contribution in [0.3, 0.4) is 0 Å². The number of piperidine rings is 1. The van der Waals surface area contributed by atoms with Gasteiger partial charge in [0.05, 0.1) is 6.33 Å².